The van der Waals surface area contributed by atoms with E-state index in [1.807, 2.05) is 61.4 Å². The molecule has 0 spiro atoms. The van der Waals surface area contributed by atoms with Gasteiger partial charge in [-0.3, -0.25) is 28.8 Å². The first-order valence-electron chi connectivity index (χ1n) is 28.7. The van der Waals surface area contributed by atoms with E-state index in [0.717, 1.165) is 138 Å². The van der Waals surface area contributed by atoms with E-state index in [0.29, 0.717) is 71.1 Å². The van der Waals surface area contributed by atoms with Gasteiger partial charge < -0.3 is 49.2 Å². The van der Waals surface area contributed by atoms with Crippen molar-refractivity contribution in [3.05, 3.63) is 24.3 Å². The molecule has 0 heterocycles. The molecule has 2 amide bonds. The predicted octanol–water partition coefficient (Wildman–Crippen LogP) is 9.49. The number of carbonyl (C=O) groups excluding carboxylic acids is 6. The topological polar surface area (TPSA) is 218 Å². The lowest BCUT2D eigenvalue weighted by molar-refractivity contribution is -0.870. The van der Waals surface area contributed by atoms with Crippen molar-refractivity contribution < 1.29 is 66.9 Å². The number of primary amides is 1. The minimum atomic E-state index is -0.739. The molecule has 0 aromatic rings. The summed E-state index contributed by atoms with van der Waals surface area (Å²) in [4.78, 5) is 70.6. The van der Waals surface area contributed by atoms with Crippen LogP contribution >= 0.6 is 0 Å². The number of hydrogen-bond acceptors (Lipinski definition) is 12. The highest BCUT2D eigenvalue weighted by molar-refractivity contribution is 5.75. The van der Waals surface area contributed by atoms with Crippen molar-refractivity contribution in [2.24, 2.45) is 5.73 Å². The highest BCUT2D eigenvalue weighted by Gasteiger charge is 2.24. The number of nitrogens with two attached hydrogens (primary N) is 1. The largest absolute Gasteiger partial charge is 0.460 e. The lowest BCUT2D eigenvalue weighted by Gasteiger charge is -2.23. The lowest BCUT2D eigenvalue weighted by atomic mass is 10.0. The van der Waals surface area contributed by atoms with Crippen LogP contribution in [0, 0.1) is 0 Å². The fourth-order valence-electron chi connectivity index (χ4n) is 7.54. The van der Waals surface area contributed by atoms with Crippen LogP contribution in [0.2, 0.25) is 0 Å². The Kier molecular flexibility index (Phi) is 46.4. The molecule has 5 N–H and O–H groups in total. The van der Waals surface area contributed by atoms with Crippen molar-refractivity contribution in [2.45, 2.75) is 238 Å². The lowest BCUT2D eigenvalue weighted by Crippen LogP contribution is -2.38. The number of rotatable bonds is 47. The van der Waals surface area contributed by atoms with Crippen LogP contribution in [0.1, 0.15) is 213 Å². The first kappa shape index (κ1) is 72.2. The fraction of sp³-hybridized carbons (Fsp3) is 0.828. The van der Waals surface area contributed by atoms with Gasteiger partial charge in [0.2, 0.25) is 11.8 Å². The molecule has 0 aromatic heterocycles. The number of hydrogen-bond donors (Lipinski definition) is 4. The number of ether oxygens (including phenoxy) is 4. The number of unbranched alkanes of at least 4 members (excludes halogenated alkanes) is 14. The molecule has 4 unspecified atom stereocenters. The molecule has 0 aliphatic rings. The Labute approximate surface area is 449 Å². The molecule has 0 saturated heterocycles. The molecule has 16 heteroatoms. The van der Waals surface area contributed by atoms with Crippen molar-refractivity contribution in [1.29, 1.82) is 0 Å². The van der Waals surface area contributed by atoms with E-state index in [-0.39, 0.29) is 61.4 Å². The molecule has 0 aliphatic carbocycles. The third-order valence-corrected chi connectivity index (χ3v) is 12.2. The molecule has 4 atom stereocenters. The summed E-state index contributed by atoms with van der Waals surface area (Å²) in [5.41, 5.74) is 5.14. The van der Waals surface area contributed by atoms with Gasteiger partial charge in [0.1, 0.15) is 38.5 Å². The van der Waals surface area contributed by atoms with Crippen LogP contribution in [0.5, 0.6) is 0 Å². The molecule has 0 aromatic carbocycles. The summed E-state index contributed by atoms with van der Waals surface area (Å²) in [6, 6.07) is 0. The quantitative estimate of drug-likeness (QED) is 0.0147. The van der Waals surface area contributed by atoms with Gasteiger partial charge in [0, 0.05) is 45.1 Å². The van der Waals surface area contributed by atoms with E-state index in [2.05, 4.69) is 31.3 Å². The molecule has 0 bridgehead atoms. The molecule has 0 fully saturated rings. The standard InChI is InChI=1S/C30H56N2O6.C28H52N2O6/c1-6-8-15-20-27(38-30(36)23-18-22-29(35)37-25-24-32(3,4)5)26(33)19-16-13-11-9-10-12-14-17-21-28(34)31-7-2;1-5-6-13-18-25(24(31)17-14-11-9-7-8-10-12-15-19-26(29)32)36-28(34)21-16-20-27(33)35-23-22-30(2,3)4/h13,16,26-27,33H,6-12,14-15,17-25H2,1-5H3;11,14,24-25,31H,5-10,12-13,15-23H2,1-4H3,(H-,29,32)/p+2/b16-13-;14-11-. The van der Waals surface area contributed by atoms with E-state index in [1.54, 1.807) is 0 Å². The minimum Gasteiger partial charge on any atom is -0.460 e. The average Bonchev–Trinajstić information content (AvgIpc) is 3.31. The summed E-state index contributed by atoms with van der Waals surface area (Å²) in [6.45, 7) is 9.05. The normalized spacial score (nSPS) is 13.4. The smallest absolute Gasteiger partial charge is 0.306 e. The van der Waals surface area contributed by atoms with E-state index < -0.39 is 24.4 Å². The first-order chi connectivity index (χ1) is 35.1. The van der Waals surface area contributed by atoms with Crippen molar-refractivity contribution in [3.63, 3.8) is 0 Å². The Bertz CT molecular complexity index is 1510. The molecule has 0 saturated carbocycles. The molecule has 0 aliphatic heterocycles. The minimum absolute atomic E-state index is 0.136. The van der Waals surface area contributed by atoms with Crippen molar-refractivity contribution >= 4 is 35.7 Å². The van der Waals surface area contributed by atoms with Gasteiger partial charge in [0.25, 0.3) is 0 Å². The number of carbonyl (C=O) groups is 6. The summed E-state index contributed by atoms with van der Waals surface area (Å²) in [7, 11) is 12.2. The van der Waals surface area contributed by atoms with E-state index >= 15 is 0 Å². The van der Waals surface area contributed by atoms with E-state index in [9.17, 15) is 39.0 Å². The van der Waals surface area contributed by atoms with E-state index in [1.165, 1.54) is 0 Å². The van der Waals surface area contributed by atoms with Crippen molar-refractivity contribution in [3.8, 4) is 0 Å². The molecular weight excluding hydrogens is 945 g/mol. The third-order valence-electron chi connectivity index (χ3n) is 12.2. The average molecular weight is 1060 g/mol. The summed E-state index contributed by atoms with van der Waals surface area (Å²) in [6.07, 6.45) is 28.5. The van der Waals surface area contributed by atoms with Crippen molar-refractivity contribution in [2.75, 3.05) is 75.1 Å². The molecule has 74 heavy (non-hydrogen) atoms. The zero-order valence-corrected chi connectivity index (χ0v) is 48.3. The molecule has 16 nitrogen and oxygen atoms in total. The van der Waals surface area contributed by atoms with Crippen LogP contribution < -0.4 is 11.1 Å². The van der Waals surface area contributed by atoms with Crippen LogP contribution in [-0.4, -0.2) is 154 Å². The van der Waals surface area contributed by atoms with E-state index in [4.69, 9.17) is 24.7 Å². The van der Waals surface area contributed by atoms with Gasteiger partial charge in [0.05, 0.1) is 54.5 Å². The van der Waals surface area contributed by atoms with Crippen LogP contribution in [0.3, 0.4) is 0 Å². The van der Waals surface area contributed by atoms with Crippen LogP contribution in [-0.2, 0) is 47.7 Å². The number of likely N-dealkylation sites (N-methyl/N-ethyl adjacent to an activating group) is 2. The zero-order chi connectivity index (χ0) is 55.9. The number of amides is 2. The SMILES string of the molecule is CCCCCC(OC(=O)CCCC(=O)OCC[N+](C)(C)C)C(O)C/C=C\CCCCCCCC(=O)NCC.CCCCCC(OC(=O)CCCC(=O)OCC[N+](C)(C)C)C(O)C/C=C\CCCCCCCC(N)=O. The van der Waals surface area contributed by atoms with Gasteiger partial charge in [-0.05, 0) is 96.8 Å². The van der Waals surface area contributed by atoms with Crippen LogP contribution in [0.15, 0.2) is 24.3 Å². The Morgan fingerprint density at radius 1 is 0.473 bits per heavy atom. The number of aliphatic hydroxyl groups excluding tert-OH is 2. The highest BCUT2D eigenvalue weighted by atomic mass is 16.6. The molecular formula is C58H110N4O12+2. The van der Waals surface area contributed by atoms with Crippen LogP contribution in [0.25, 0.3) is 0 Å². The maximum atomic E-state index is 12.4. The van der Waals surface area contributed by atoms with Gasteiger partial charge in [-0.1, -0.05) is 102 Å². The predicted molar refractivity (Wildman–Crippen MR) is 296 cm³/mol. The number of quaternary nitrogens is 2. The highest BCUT2D eigenvalue weighted by Crippen LogP contribution is 2.18. The summed E-state index contributed by atoms with van der Waals surface area (Å²) in [5, 5.41) is 24.1. The fourth-order valence-corrected chi connectivity index (χ4v) is 7.54. The van der Waals surface area contributed by atoms with Crippen molar-refractivity contribution in [1.82, 2.24) is 5.32 Å². The monoisotopic (exact) mass is 1050 g/mol. The number of esters is 4. The zero-order valence-electron chi connectivity index (χ0n) is 48.3. The second kappa shape index (κ2) is 47.6. The number of allylic oxidation sites excluding steroid dienone is 2. The molecule has 0 radical (unpaired) electrons. The molecule has 432 valence electrons. The first-order valence-corrected chi connectivity index (χ1v) is 28.7. The summed E-state index contributed by atoms with van der Waals surface area (Å²) in [5.74, 6) is -1.45. The third kappa shape index (κ3) is 51.6. The maximum Gasteiger partial charge on any atom is 0.306 e. The number of aliphatic hydroxyl groups is 2. The summed E-state index contributed by atoms with van der Waals surface area (Å²) < 4.78 is 23.1. The Morgan fingerprint density at radius 3 is 1.23 bits per heavy atom. The van der Waals surface area contributed by atoms with Gasteiger partial charge in [-0.15, -0.1) is 0 Å². The number of nitrogens with zero attached hydrogens (tertiary/aromatic N) is 2. The van der Waals surface area contributed by atoms with Gasteiger partial charge >= 0.3 is 23.9 Å². The summed E-state index contributed by atoms with van der Waals surface area (Å²) >= 11 is 0. The Morgan fingerprint density at radius 2 is 0.851 bits per heavy atom. The van der Waals surface area contributed by atoms with Gasteiger partial charge in [0.15, 0.2) is 0 Å². The van der Waals surface area contributed by atoms with Crippen LogP contribution in [0.4, 0.5) is 0 Å². The Balaban J connectivity index is 0. The van der Waals surface area contributed by atoms with Gasteiger partial charge in [-0.2, -0.15) is 0 Å². The maximum absolute atomic E-state index is 12.4. The second-order valence-corrected chi connectivity index (χ2v) is 21.8. The van der Waals surface area contributed by atoms with Gasteiger partial charge in [-0.25, -0.2) is 0 Å². The number of nitrogens with one attached hydrogen (secondary N) is 1. The second-order valence-electron chi connectivity index (χ2n) is 21.8. The molecule has 0 rings (SSSR count). The Hall–Kier alpha value is -3.86.